The van der Waals surface area contributed by atoms with Gasteiger partial charge in [0.1, 0.15) is 0 Å². The number of rotatable bonds is 3. The molecule has 5 N–H and O–H groups in total. The topological polar surface area (TPSA) is 93.9 Å². The van der Waals surface area contributed by atoms with Gasteiger partial charge < -0.3 is 21.3 Å². The van der Waals surface area contributed by atoms with Gasteiger partial charge in [-0.3, -0.25) is 0 Å². The largest absolute Gasteiger partial charge is 0.396 e. The van der Waals surface area contributed by atoms with Gasteiger partial charge in [-0.05, 0) is 6.42 Å². The molecule has 0 aromatic heterocycles. The second kappa shape index (κ2) is 4.39. The smallest absolute Gasteiger partial charge is 0.152 e. The minimum Gasteiger partial charge on any atom is -0.396 e. The predicted octanol–water partition coefficient (Wildman–Crippen LogP) is -1.20. The van der Waals surface area contributed by atoms with E-state index in [1.165, 1.54) is 6.34 Å². The third-order valence-electron chi connectivity index (χ3n) is 1.95. The number of aliphatic imine (C=N–C) groups is 1. The summed E-state index contributed by atoms with van der Waals surface area (Å²) in [5.41, 5.74) is 10.8. The quantitative estimate of drug-likeness (QED) is 0.369. The first kappa shape index (κ1) is 9.44. The maximum absolute atomic E-state index is 8.66. The molecule has 1 aliphatic rings. The summed E-state index contributed by atoms with van der Waals surface area (Å²) in [6, 6.07) is -0.0363. The molecule has 0 unspecified atom stereocenters. The van der Waals surface area contributed by atoms with E-state index in [4.69, 9.17) is 21.3 Å². The zero-order valence-corrected chi connectivity index (χ0v) is 6.89. The van der Waals surface area contributed by atoms with E-state index < -0.39 is 0 Å². The molecular formula is C7H15N3O2. The van der Waals surface area contributed by atoms with Crippen LogP contribution in [0.2, 0.25) is 0 Å². The van der Waals surface area contributed by atoms with Crippen LogP contribution in [0.15, 0.2) is 4.99 Å². The van der Waals surface area contributed by atoms with Gasteiger partial charge in [-0.15, -0.1) is 0 Å². The molecule has 0 amide bonds. The molecule has 5 nitrogen and oxygen atoms in total. The van der Waals surface area contributed by atoms with Crippen LogP contribution in [0, 0.1) is 0 Å². The lowest BCUT2D eigenvalue weighted by Crippen LogP contribution is -2.30. The van der Waals surface area contributed by atoms with Gasteiger partial charge in [-0.1, -0.05) is 0 Å². The van der Waals surface area contributed by atoms with Crippen LogP contribution in [-0.4, -0.2) is 36.4 Å². The fraction of sp³-hybridized carbons (Fsp3) is 0.857. The second-order valence-electron chi connectivity index (χ2n) is 2.84. The van der Waals surface area contributed by atoms with Crippen molar-refractivity contribution in [3.63, 3.8) is 0 Å². The Morgan fingerprint density at radius 1 is 1.67 bits per heavy atom. The summed E-state index contributed by atoms with van der Waals surface area (Å²) < 4.78 is 5.39. The summed E-state index contributed by atoms with van der Waals surface area (Å²) in [6.07, 6.45) is 2.17. The third kappa shape index (κ3) is 2.17. The Morgan fingerprint density at radius 2 is 2.42 bits per heavy atom. The Balaban J connectivity index is 2.39. The Bertz CT molecular complexity index is 163. The number of hydrogen-bond acceptors (Lipinski definition) is 4. The summed E-state index contributed by atoms with van der Waals surface area (Å²) in [4.78, 5) is 3.88. The van der Waals surface area contributed by atoms with Gasteiger partial charge in [0.2, 0.25) is 0 Å². The lowest BCUT2D eigenvalue weighted by Gasteiger charge is -2.11. The van der Waals surface area contributed by atoms with E-state index in [-0.39, 0.29) is 25.0 Å². The van der Waals surface area contributed by atoms with Crippen LogP contribution in [0.4, 0.5) is 0 Å². The average Bonchev–Trinajstić information content (AvgIpc) is 2.34. The Labute approximate surface area is 71.4 Å². The van der Waals surface area contributed by atoms with Crippen LogP contribution >= 0.6 is 0 Å². The summed E-state index contributed by atoms with van der Waals surface area (Å²) in [7, 11) is 0. The fourth-order valence-corrected chi connectivity index (χ4v) is 1.34. The van der Waals surface area contributed by atoms with Crippen molar-refractivity contribution in [1.29, 1.82) is 0 Å². The summed E-state index contributed by atoms with van der Waals surface area (Å²) in [5.74, 6) is 0. The monoisotopic (exact) mass is 173 g/mol. The molecule has 1 aliphatic heterocycles. The van der Waals surface area contributed by atoms with Gasteiger partial charge in [-0.2, -0.15) is 0 Å². The normalized spacial score (nSPS) is 36.3. The van der Waals surface area contributed by atoms with Gasteiger partial charge in [0.05, 0.1) is 12.4 Å². The van der Waals surface area contributed by atoms with E-state index >= 15 is 0 Å². The van der Waals surface area contributed by atoms with Crippen LogP contribution in [0.5, 0.6) is 0 Å². The maximum atomic E-state index is 8.66. The minimum atomic E-state index is -0.221. The van der Waals surface area contributed by atoms with Crippen LogP contribution < -0.4 is 11.5 Å². The minimum absolute atomic E-state index is 0.0363. The van der Waals surface area contributed by atoms with E-state index in [1.54, 1.807) is 0 Å². The maximum Gasteiger partial charge on any atom is 0.152 e. The molecule has 1 rings (SSSR count). The molecular weight excluding hydrogens is 158 g/mol. The van der Waals surface area contributed by atoms with Gasteiger partial charge in [0.25, 0.3) is 0 Å². The molecule has 0 spiro atoms. The molecule has 12 heavy (non-hydrogen) atoms. The Hall–Kier alpha value is -0.650. The van der Waals surface area contributed by atoms with Crippen molar-refractivity contribution in [1.82, 2.24) is 0 Å². The van der Waals surface area contributed by atoms with Crippen LogP contribution in [0.1, 0.15) is 12.8 Å². The second-order valence-corrected chi connectivity index (χ2v) is 2.84. The Kier molecular flexibility index (Phi) is 3.46. The highest BCUT2D eigenvalue weighted by atomic mass is 16.5. The first-order valence-electron chi connectivity index (χ1n) is 4.03. The third-order valence-corrected chi connectivity index (χ3v) is 1.95. The molecule has 1 fully saturated rings. The van der Waals surface area contributed by atoms with Crippen molar-refractivity contribution in [2.24, 2.45) is 16.5 Å². The van der Waals surface area contributed by atoms with E-state index in [0.29, 0.717) is 12.8 Å². The van der Waals surface area contributed by atoms with E-state index in [0.717, 1.165) is 0 Å². The molecule has 1 saturated heterocycles. The van der Waals surface area contributed by atoms with Crippen molar-refractivity contribution in [3.8, 4) is 0 Å². The number of hydrogen-bond donors (Lipinski definition) is 3. The Morgan fingerprint density at radius 3 is 3.00 bits per heavy atom. The summed E-state index contributed by atoms with van der Waals surface area (Å²) in [6.45, 7) is 0.0947. The van der Waals surface area contributed by atoms with E-state index in [1.807, 2.05) is 0 Å². The number of ether oxygens (including phenoxy) is 1. The van der Waals surface area contributed by atoms with Gasteiger partial charge in [0.15, 0.2) is 6.23 Å². The standard InChI is InChI=1S/C7H15N3O2/c8-4-10-7-3-5(9)6(12-7)1-2-11/h4-7,11H,1-3,9H2,(H2,8,10)/t5-,6+,7+/m0/s1. The molecule has 0 aliphatic carbocycles. The van der Waals surface area contributed by atoms with Crippen LogP contribution in [-0.2, 0) is 4.74 Å². The van der Waals surface area contributed by atoms with Gasteiger partial charge in [0, 0.05) is 19.1 Å². The van der Waals surface area contributed by atoms with Crippen LogP contribution in [0.3, 0.4) is 0 Å². The molecule has 5 heteroatoms. The van der Waals surface area contributed by atoms with Crippen molar-refractivity contribution in [2.75, 3.05) is 6.61 Å². The number of aliphatic hydroxyl groups excluding tert-OH is 1. The van der Waals surface area contributed by atoms with Gasteiger partial charge in [-0.25, -0.2) is 4.99 Å². The number of nitrogens with two attached hydrogens (primary N) is 2. The fourth-order valence-electron chi connectivity index (χ4n) is 1.34. The molecule has 3 atom stereocenters. The molecule has 0 radical (unpaired) electrons. The lowest BCUT2D eigenvalue weighted by molar-refractivity contribution is 0.0323. The lowest BCUT2D eigenvalue weighted by atomic mass is 10.1. The molecule has 1 heterocycles. The molecule has 0 saturated carbocycles. The highest BCUT2D eigenvalue weighted by Crippen LogP contribution is 2.21. The number of nitrogens with zero attached hydrogens (tertiary/aromatic N) is 1. The van der Waals surface area contributed by atoms with Crippen molar-refractivity contribution < 1.29 is 9.84 Å². The van der Waals surface area contributed by atoms with E-state index in [9.17, 15) is 0 Å². The zero-order chi connectivity index (χ0) is 8.97. The summed E-state index contributed by atoms with van der Waals surface area (Å²) >= 11 is 0. The first-order chi connectivity index (χ1) is 5.77. The number of aliphatic hydroxyl groups is 1. The molecule has 0 aromatic carbocycles. The van der Waals surface area contributed by atoms with Crippen LogP contribution in [0.25, 0.3) is 0 Å². The first-order valence-corrected chi connectivity index (χ1v) is 4.03. The van der Waals surface area contributed by atoms with Crippen molar-refractivity contribution >= 4 is 6.34 Å². The predicted molar refractivity (Wildman–Crippen MR) is 45.6 cm³/mol. The van der Waals surface area contributed by atoms with E-state index in [2.05, 4.69) is 4.99 Å². The summed E-state index contributed by atoms with van der Waals surface area (Å²) in [5, 5.41) is 8.66. The SMILES string of the molecule is NC=N[C@H]1C[C@H](N)[C@@H](CCO)O1. The highest BCUT2D eigenvalue weighted by molar-refractivity contribution is 5.51. The molecule has 0 aromatic rings. The average molecular weight is 173 g/mol. The van der Waals surface area contributed by atoms with Gasteiger partial charge >= 0.3 is 0 Å². The molecule has 0 bridgehead atoms. The zero-order valence-electron chi connectivity index (χ0n) is 6.89. The highest BCUT2D eigenvalue weighted by Gasteiger charge is 2.31. The van der Waals surface area contributed by atoms with Crippen molar-refractivity contribution in [2.45, 2.75) is 31.2 Å². The molecule has 70 valence electrons. The van der Waals surface area contributed by atoms with Crippen molar-refractivity contribution in [3.05, 3.63) is 0 Å².